The lowest BCUT2D eigenvalue weighted by molar-refractivity contribution is -0.137. The minimum Gasteiger partial charge on any atom is -0.496 e. The van der Waals surface area contributed by atoms with Gasteiger partial charge in [0.2, 0.25) is 5.91 Å². The number of rotatable bonds is 11. The number of ether oxygens (including phenoxy) is 1. The third kappa shape index (κ3) is 7.39. The first kappa shape index (κ1) is 38.3. The first-order chi connectivity index (χ1) is 24.0. The number of carboxylic acid groups (broad SMARTS) is 1. The van der Waals surface area contributed by atoms with Crippen LogP contribution < -0.4 is 10.5 Å². The molecular formula is C40H58N6O5. The highest BCUT2D eigenvalue weighted by molar-refractivity contribution is 6.11. The number of hydrogen-bond acceptors (Lipinski definition) is 7. The van der Waals surface area contributed by atoms with Crippen molar-refractivity contribution >= 4 is 28.7 Å². The lowest BCUT2D eigenvalue weighted by Crippen LogP contribution is -2.52. The maximum atomic E-state index is 13.4. The second kappa shape index (κ2) is 15.0. The van der Waals surface area contributed by atoms with Gasteiger partial charge in [0, 0.05) is 74.9 Å². The van der Waals surface area contributed by atoms with Crippen LogP contribution in [0.3, 0.4) is 0 Å². The summed E-state index contributed by atoms with van der Waals surface area (Å²) < 4.78 is 7.83. The standard InChI is InChI=1S/C40H58N6O5/c1-24(2)46(25(3)4)23-29-32(30(40(5,6)7)21-28(37(41)47)36(29)51-10)33-27-14-11-13-26(34(27)43(9)35(33)39(49)50)22-44-17-19-45(20-18-44)38(48)31-15-12-16-42(31)8/h11,13-14,21,24-25,31H,12,15-20,22-23H2,1-10H3,(H2,41,47)(H,49,50). The Morgan fingerprint density at radius 2 is 1.65 bits per heavy atom. The molecule has 0 spiro atoms. The number of carbonyl (C=O) groups is 3. The molecule has 1 atom stereocenters. The van der Waals surface area contributed by atoms with Crippen LogP contribution in [0.2, 0.25) is 0 Å². The van der Waals surface area contributed by atoms with E-state index in [2.05, 4.69) is 69.2 Å². The summed E-state index contributed by atoms with van der Waals surface area (Å²) in [5, 5.41) is 11.8. The summed E-state index contributed by atoms with van der Waals surface area (Å²) in [5.74, 6) is -1.03. The fraction of sp³-hybridized carbons (Fsp3) is 0.575. The number of aryl methyl sites for hydroxylation is 1. The van der Waals surface area contributed by atoms with Crippen molar-refractivity contribution in [2.24, 2.45) is 12.8 Å². The second-order valence-corrected chi connectivity index (χ2v) is 16.0. The lowest BCUT2D eigenvalue weighted by atomic mass is 9.77. The molecular weight excluding hydrogens is 644 g/mol. The molecule has 2 saturated heterocycles. The summed E-state index contributed by atoms with van der Waals surface area (Å²) in [6.07, 6.45) is 1.98. The summed E-state index contributed by atoms with van der Waals surface area (Å²) >= 11 is 0. The highest BCUT2D eigenvalue weighted by atomic mass is 16.5. The fourth-order valence-corrected chi connectivity index (χ4v) is 8.34. The third-order valence-corrected chi connectivity index (χ3v) is 11.0. The van der Waals surface area contributed by atoms with E-state index in [-0.39, 0.29) is 35.3 Å². The molecule has 0 saturated carbocycles. The number of amides is 2. The highest BCUT2D eigenvalue weighted by Gasteiger charge is 2.36. The van der Waals surface area contributed by atoms with Crippen LogP contribution in [-0.2, 0) is 30.3 Å². The van der Waals surface area contributed by atoms with Crippen LogP contribution in [0.25, 0.3) is 22.0 Å². The number of fused-ring (bicyclic) bond motifs is 1. The number of para-hydroxylation sites is 1. The van der Waals surface area contributed by atoms with Crippen LogP contribution in [0.15, 0.2) is 24.3 Å². The Balaban J connectivity index is 1.68. The molecule has 3 heterocycles. The van der Waals surface area contributed by atoms with Crippen LogP contribution in [-0.4, -0.2) is 112 Å². The minimum atomic E-state index is -1.04. The molecule has 5 rings (SSSR count). The first-order valence-electron chi connectivity index (χ1n) is 18.3. The van der Waals surface area contributed by atoms with E-state index in [0.717, 1.165) is 65.6 Å². The van der Waals surface area contributed by atoms with Gasteiger partial charge in [-0.15, -0.1) is 0 Å². The number of primary amides is 1. The van der Waals surface area contributed by atoms with Gasteiger partial charge >= 0.3 is 5.97 Å². The third-order valence-electron chi connectivity index (χ3n) is 11.0. The monoisotopic (exact) mass is 702 g/mol. The normalized spacial score (nSPS) is 17.7. The summed E-state index contributed by atoms with van der Waals surface area (Å²) in [6.45, 7) is 19.6. The van der Waals surface area contributed by atoms with Crippen molar-refractivity contribution in [1.82, 2.24) is 24.2 Å². The smallest absolute Gasteiger partial charge is 0.353 e. The number of likely N-dealkylation sites (tertiary alicyclic amines) is 1. The second-order valence-electron chi connectivity index (χ2n) is 16.0. The SMILES string of the molecule is COc1c(C(N)=O)cc(C(C)(C)C)c(-c2c(C(=O)O)n(C)c3c(CN4CCN(C(=O)C5CCCN5C)CC4)cccc23)c1CN(C(C)C)C(C)C. The van der Waals surface area contributed by atoms with Crippen LogP contribution >= 0.6 is 0 Å². The summed E-state index contributed by atoms with van der Waals surface area (Å²) in [5.41, 5.74) is 10.8. The summed E-state index contributed by atoms with van der Waals surface area (Å²) in [7, 11) is 5.40. The maximum Gasteiger partial charge on any atom is 0.353 e. The number of carbonyl (C=O) groups excluding carboxylic acids is 2. The lowest BCUT2D eigenvalue weighted by Gasteiger charge is -2.37. The number of likely N-dealkylation sites (N-methyl/N-ethyl adjacent to an activating group) is 1. The molecule has 2 amide bonds. The van der Waals surface area contributed by atoms with E-state index in [1.807, 2.05) is 35.7 Å². The number of nitrogens with zero attached hydrogens (tertiary/aromatic N) is 5. The molecule has 2 aliphatic rings. The van der Waals surface area contributed by atoms with Crippen molar-refractivity contribution < 1.29 is 24.2 Å². The van der Waals surface area contributed by atoms with E-state index in [1.54, 1.807) is 13.2 Å². The number of nitrogens with two attached hydrogens (primary N) is 1. The molecule has 11 heteroatoms. The van der Waals surface area contributed by atoms with Crippen molar-refractivity contribution in [3.05, 3.63) is 52.2 Å². The van der Waals surface area contributed by atoms with E-state index in [0.29, 0.717) is 37.5 Å². The number of hydrogen-bond donors (Lipinski definition) is 2. The molecule has 2 aliphatic heterocycles. The van der Waals surface area contributed by atoms with Gasteiger partial charge in [-0.25, -0.2) is 4.79 Å². The molecule has 51 heavy (non-hydrogen) atoms. The largest absolute Gasteiger partial charge is 0.496 e. The minimum absolute atomic E-state index is 0.0202. The van der Waals surface area contributed by atoms with Gasteiger partial charge in [0.05, 0.1) is 24.2 Å². The van der Waals surface area contributed by atoms with Gasteiger partial charge in [-0.3, -0.25) is 24.3 Å². The van der Waals surface area contributed by atoms with Crippen molar-refractivity contribution in [1.29, 1.82) is 0 Å². The number of aromatic carboxylic acids is 1. The average molecular weight is 703 g/mol. The van der Waals surface area contributed by atoms with Crippen molar-refractivity contribution in [2.45, 2.75) is 97.9 Å². The molecule has 0 aliphatic carbocycles. The molecule has 11 nitrogen and oxygen atoms in total. The number of methoxy groups -OCH3 is 1. The predicted molar refractivity (Wildman–Crippen MR) is 202 cm³/mol. The number of piperazine rings is 1. The zero-order valence-corrected chi connectivity index (χ0v) is 32.3. The van der Waals surface area contributed by atoms with Gasteiger partial charge in [-0.1, -0.05) is 39.0 Å². The Labute approximate surface area is 303 Å². The van der Waals surface area contributed by atoms with Crippen molar-refractivity contribution in [2.75, 3.05) is 46.9 Å². The molecule has 3 N–H and O–H groups in total. The van der Waals surface area contributed by atoms with Crippen molar-refractivity contribution in [3.8, 4) is 16.9 Å². The number of aromatic nitrogens is 1. The molecule has 3 aromatic rings. The number of carboxylic acids is 1. The Morgan fingerprint density at radius 1 is 1.00 bits per heavy atom. The summed E-state index contributed by atoms with van der Waals surface area (Å²) in [6, 6.07) is 8.17. The van der Waals surface area contributed by atoms with Gasteiger partial charge in [0.25, 0.3) is 5.91 Å². The molecule has 0 radical (unpaired) electrons. The Bertz CT molecular complexity index is 1790. The van der Waals surface area contributed by atoms with Gasteiger partial charge in [0.1, 0.15) is 11.4 Å². The van der Waals surface area contributed by atoms with Gasteiger partial charge in [-0.05, 0) is 82.3 Å². The zero-order chi connectivity index (χ0) is 37.5. The summed E-state index contributed by atoms with van der Waals surface area (Å²) in [4.78, 5) is 48.5. The van der Waals surface area contributed by atoms with Gasteiger partial charge in [-0.2, -0.15) is 0 Å². The average Bonchev–Trinajstić information content (AvgIpc) is 3.62. The van der Waals surface area contributed by atoms with Gasteiger partial charge in [0.15, 0.2) is 0 Å². The quantitative estimate of drug-likeness (QED) is 0.276. The predicted octanol–water partition coefficient (Wildman–Crippen LogP) is 5.31. The highest BCUT2D eigenvalue weighted by Crippen LogP contribution is 2.47. The molecule has 1 unspecified atom stereocenters. The fourth-order valence-electron chi connectivity index (χ4n) is 8.34. The molecule has 2 fully saturated rings. The van der Waals surface area contributed by atoms with Crippen LogP contribution in [0.4, 0.5) is 0 Å². The Kier molecular flexibility index (Phi) is 11.2. The molecule has 2 aromatic carbocycles. The van der Waals surface area contributed by atoms with Crippen molar-refractivity contribution in [3.63, 3.8) is 0 Å². The van der Waals surface area contributed by atoms with E-state index in [4.69, 9.17) is 10.5 Å². The topological polar surface area (TPSA) is 125 Å². The van der Waals surface area contributed by atoms with Gasteiger partial charge < -0.3 is 25.0 Å². The zero-order valence-electron chi connectivity index (χ0n) is 32.3. The Morgan fingerprint density at radius 3 is 2.16 bits per heavy atom. The number of benzene rings is 2. The Hall–Kier alpha value is -3.93. The maximum absolute atomic E-state index is 13.4. The van der Waals surface area contributed by atoms with E-state index in [1.165, 1.54) is 0 Å². The molecule has 278 valence electrons. The van der Waals surface area contributed by atoms with E-state index >= 15 is 0 Å². The van der Waals surface area contributed by atoms with Crippen LogP contribution in [0.5, 0.6) is 5.75 Å². The van der Waals surface area contributed by atoms with Crippen LogP contribution in [0.1, 0.15) is 98.8 Å². The molecule has 0 bridgehead atoms. The molecule has 1 aromatic heterocycles. The van der Waals surface area contributed by atoms with E-state index in [9.17, 15) is 19.5 Å². The van der Waals surface area contributed by atoms with Crippen LogP contribution in [0, 0.1) is 0 Å². The first-order valence-corrected chi connectivity index (χ1v) is 18.3. The van der Waals surface area contributed by atoms with E-state index < -0.39 is 17.3 Å².